The average molecular weight is 236 g/mol. The smallest absolute Gasteiger partial charge is 0.0809 e. The number of hydrogen-bond acceptors (Lipinski definition) is 3. The highest BCUT2D eigenvalue weighted by Crippen LogP contribution is 2.22. The fourth-order valence-corrected chi connectivity index (χ4v) is 2.02. The molecule has 3 nitrogen and oxygen atoms in total. The molecule has 1 atom stereocenters. The van der Waals surface area contributed by atoms with Gasteiger partial charge in [0.2, 0.25) is 0 Å². The zero-order valence-corrected chi connectivity index (χ0v) is 11.2. The van der Waals surface area contributed by atoms with Crippen LogP contribution in [0, 0.1) is 6.92 Å². The standard InChI is InChI=1S/C14H24N2O/c1-4-6-7-8-9-14(17)12-10-11(3)15-16-13(12)5-2/h10,14,17H,4-9H2,1-3H3. The summed E-state index contributed by atoms with van der Waals surface area (Å²) in [5.74, 6) is 0. The van der Waals surface area contributed by atoms with Crippen molar-refractivity contribution in [3.05, 3.63) is 23.0 Å². The van der Waals surface area contributed by atoms with Gasteiger partial charge in [-0.15, -0.1) is 0 Å². The van der Waals surface area contributed by atoms with Gasteiger partial charge in [0.15, 0.2) is 0 Å². The summed E-state index contributed by atoms with van der Waals surface area (Å²) < 4.78 is 0. The third kappa shape index (κ3) is 4.43. The van der Waals surface area contributed by atoms with E-state index in [1.165, 1.54) is 19.3 Å². The minimum atomic E-state index is -0.379. The Bertz CT molecular complexity index is 339. The summed E-state index contributed by atoms with van der Waals surface area (Å²) in [6, 6.07) is 1.97. The highest BCUT2D eigenvalue weighted by Gasteiger charge is 2.13. The van der Waals surface area contributed by atoms with Crippen molar-refractivity contribution < 1.29 is 5.11 Å². The second kappa shape index (κ2) is 7.38. The van der Waals surface area contributed by atoms with Gasteiger partial charge < -0.3 is 5.11 Å². The zero-order chi connectivity index (χ0) is 12.7. The van der Waals surface area contributed by atoms with E-state index in [1.807, 2.05) is 19.9 Å². The van der Waals surface area contributed by atoms with E-state index >= 15 is 0 Å². The average Bonchev–Trinajstić information content (AvgIpc) is 2.34. The van der Waals surface area contributed by atoms with Gasteiger partial charge in [-0.1, -0.05) is 39.5 Å². The van der Waals surface area contributed by atoms with Crippen molar-refractivity contribution in [3.8, 4) is 0 Å². The molecular weight excluding hydrogens is 212 g/mol. The van der Waals surface area contributed by atoms with E-state index < -0.39 is 0 Å². The lowest BCUT2D eigenvalue weighted by molar-refractivity contribution is 0.161. The highest BCUT2D eigenvalue weighted by atomic mass is 16.3. The predicted molar refractivity (Wildman–Crippen MR) is 69.9 cm³/mol. The van der Waals surface area contributed by atoms with Crippen LogP contribution in [-0.2, 0) is 6.42 Å². The maximum atomic E-state index is 10.2. The van der Waals surface area contributed by atoms with Gasteiger partial charge >= 0.3 is 0 Å². The summed E-state index contributed by atoms with van der Waals surface area (Å²) in [6.07, 6.45) is 6.04. The van der Waals surface area contributed by atoms with Crippen molar-refractivity contribution in [2.75, 3.05) is 0 Å². The van der Waals surface area contributed by atoms with Gasteiger partial charge in [0.25, 0.3) is 0 Å². The van der Waals surface area contributed by atoms with E-state index in [4.69, 9.17) is 0 Å². The Hall–Kier alpha value is -0.960. The summed E-state index contributed by atoms with van der Waals surface area (Å²) in [5.41, 5.74) is 2.78. The molecule has 0 aliphatic rings. The first kappa shape index (κ1) is 14.1. The number of unbranched alkanes of at least 4 members (excludes halogenated alkanes) is 3. The van der Waals surface area contributed by atoms with Crippen molar-refractivity contribution in [1.82, 2.24) is 10.2 Å². The molecule has 1 rings (SSSR count). The van der Waals surface area contributed by atoms with E-state index in [2.05, 4.69) is 17.1 Å². The van der Waals surface area contributed by atoms with Crippen LogP contribution in [0.1, 0.15) is 69.0 Å². The van der Waals surface area contributed by atoms with Crippen LogP contribution < -0.4 is 0 Å². The molecule has 0 saturated heterocycles. The van der Waals surface area contributed by atoms with E-state index in [1.54, 1.807) is 0 Å². The molecule has 0 fully saturated rings. The Morgan fingerprint density at radius 3 is 2.59 bits per heavy atom. The molecule has 96 valence electrons. The summed E-state index contributed by atoms with van der Waals surface area (Å²) in [5, 5.41) is 18.4. The molecule has 17 heavy (non-hydrogen) atoms. The molecule has 1 heterocycles. The minimum Gasteiger partial charge on any atom is -0.388 e. The second-order valence-electron chi connectivity index (χ2n) is 4.61. The molecule has 1 unspecified atom stereocenters. The lowest BCUT2D eigenvalue weighted by Crippen LogP contribution is -2.06. The first-order chi connectivity index (χ1) is 8.19. The number of aliphatic hydroxyl groups excluding tert-OH is 1. The second-order valence-corrected chi connectivity index (χ2v) is 4.61. The Morgan fingerprint density at radius 2 is 1.94 bits per heavy atom. The van der Waals surface area contributed by atoms with Crippen molar-refractivity contribution in [3.63, 3.8) is 0 Å². The molecule has 3 heteroatoms. The van der Waals surface area contributed by atoms with Crippen molar-refractivity contribution in [1.29, 1.82) is 0 Å². The van der Waals surface area contributed by atoms with Gasteiger partial charge in [-0.3, -0.25) is 0 Å². The Labute approximate surface area is 104 Å². The van der Waals surface area contributed by atoms with Gasteiger partial charge in [0.1, 0.15) is 0 Å². The predicted octanol–water partition coefficient (Wildman–Crippen LogP) is 3.35. The van der Waals surface area contributed by atoms with E-state index in [0.717, 1.165) is 36.2 Å². The highest BCUT2D eigenvalue weighted by molar-refractivity contribution is 5.23. The molecule has 0 aliphatic carbocycles. The van der Waals surface area contributed by atoms with Crippen molar-refractivity contribution >= 4 is 0 Å². The van der Waals surface area contributed by atoms with Crippen LogP contribution in [0.5, 0.6) is 0 Å². The largest absolute Gasteiger partial charge is 0.388 e. The zero-order valence-electron chi connectivity index (χ0n) is 11.2. The first-order valence-electron chi connectivity index (χ1n) is 6.70. The number of aromatic nitrogens is 2. The third-order valence-corrected chi connectivity index (χ3v) is 3.05. The molecule has 1 aromatic rings. The summed E-state index contributed by atoms with van der Waals surface area (Å²) in [4.78, 5) is 0. The van der Waals surface area contributed by atoms with Crippen LogP contribution in [0.15, 0.2) is 6.07 Å². The fourth-order valence-electron chi connectivity index (χ4n) is 2.02. The maximum absolute atomic E-state index is 10.2. The summed E-state index contributed by atoms with van der Waals surface area (Å²) in [7, 11) is 0. The summed E-state index contributed by atoms with van der Waals surface area (Å²) in [6.45, 7) is 6.16. The van der Waals surface area contributed by atoms with E-state index in [0.29, 0.717) is 0 Å². The minimum absolute atomic E-state index is 0.379. The molecule has 1 N–H and O–H groups in total. The van der Waals surface area contributed by atoms with E-state index in [9.17, 15) is 5.11 Å². The van der Waals surface area contributed by atoms with Crippen LogP contribution in [0.4, 0.5) is 0 Å². The lowest BCUT2D eigenvalue weighted by Gasteiger charge is -2.14. The van der Waals surface area contributed by atoms with Gasteiger partial charge in [0.05, 0.1) is 17.5 Å². The van der Waals surface area contributed by atoms with Gasteiger partial charge in [0, 0.05) is 5.56 Å². The topological polar surface area (TPSA) is 46.0 Å². The SMILES string of the molecule is CCCCCCC(O)c1cc(C)nnc1CC. The molecule has 0 aromatic carbocycles. The molecule has 0 radical (unpaired) electrons. The maximum Gasteiger partial charge on any atom is 0.0809 e. The lowest BCUT2D eigenvalue weighted by atomic mass is 10.00. The molecule has 0 bridgehead atoms. The van der Waals surface area contributed by atoms with Gasteiger partial charge in [-0.2, -0.15) is 10.2 Å². The molecule has 0 amide bonds. The number of hydrogen-bond donors (Lipinski definition) is 1. The number of nitrogens with zero attached hydrogens (tertiary/aromatic N) is 2. The molecule has 0 aliphatic heterocycles. The van der Waals surface area contributed by atoms with Crippen LogP contribution in [0.25, 0.3) is 0 Å². The number of aryl methyl sites for hydroxylation is 2. The first-order valence-corrected chi connectivity index (χ1v) is 6.70. The molecular formula is C14H24N2O. The normalized spacial score (nSPS) is 12.7. The fraction of sp³-hybridized carbons (Fsp3) is 0.714. The van der Waals surface area contributed by atoms with Crippen LogP contribution >= 0.6 is 0 Å². The quantitative estimate of drug-likeness (QED) is 0.738. The molecule has 0 saturated carbocycles. The van der Waals surface area contributed by atoms with Crippen molar-refractivity contribution in [2.45, 2.75) is 65.4 Å². The monoisotopic (exact) mass is 236 g/mol. The third-order valence-electron chi connectivity index (χ3n) is 3.05. The number of aliphatic hydroxyl groups is 1. The Kier molecular flexibility index (Phi) is 6.12. The van der Waals surface area contributed by atoms with Gasteiger partial charge in [-0.25, -0.2) is 0 Å². The molecule has 0 spiro atoms. The van der Waals surface area contributed by atoms with Gasteiger partial charge in [-0.05, 0) is 25.8 Å². The molecule has 1 aromatic heterocycles. The van der Waals surface area contributed by atoms with Crippen molar-refractivity contribution in [2.24, 2.45) is 0 Å². The Balaban J connectivity index is 2.60. The Morgan fingerprint density at radius 1 is 1.18 bits per heavy atom. The van der Waals surface area contributed by atoms with E-state index in [-0.39, 0.29) is 6.10 Å². The van der Waals surface area contributed by atoms with Crippen LogP contribution in [-0.4, -0.2) is 15.3 Å². The summed E-state index contributed by atoms with van der Waals surface area (Å²) >= 11 is 0. The van der Waals surface area contributed by atoms with Crippen LogP contribution in [0.2, 0.25) is 0 Å². The number of rotatable bonds is 7. The van der Waals surface area contributed by atoms with Crippen LogP contribution in [0.3, 0.4) is 0 Å².